The highest BCUT2D eigenvalue weighted by molar-refractivity contribution is 5.84. The van der Waals surface area contributed by atoms with Gasteiger partial charge in [-0.25, -0.2) is 0 Å². The number of hydrogen-bond donors (Lipinski definition) is 1. The van der Waals surface area contributed by atoms with E-state index in [1.54, 1.807) is 24.8 Å². The number of carboxylic acids is 1. The fourth-order valence-electron chi connectivity index (χ4n) is 3.05. The summed E-state index contributed by atoms with van der Waals surface area (Å²) in [6.45, 7) is 6.25. The second-order valence-corrected chi connectivity index (χ2v) is 7.89. The number of nitriles is 1. The van der Waals surface area contributed by atoms with Gasteiger partial charge in [0.25, 0.3) is 0 Å². The van der Waals surface area contributed by atoms with Gasteiger partial charge in [0.15, 0.2) is 0 Å². The van der Waals surface area contributed by atoms with Crippen LogP contribution in [0.5, 0.6) is 0 Å². The Labute approximate surface area is 172 Å². The molecule has 0 aliphatic rings. The zero-order chi connectivity index (χ0) is 21.4. The summed E-state index contributed by atoms with van der Waals surface area (Å²) < 4.78 is 0. The maximum Gasteiger partial charge on any atom is 0.309 e. The molecular formula is C24H28N2O3. The highest BCUT2D eigenvalue weighted by Crippen LogP contribution is 2.25. The predicted molar refractivity (Wildman–Crippen MR) is 113 cm³/mol. The highest BCUT2D eigenvalue weighted by Gasteiger charge is 2.32. The molecule has 29 heavy (non-hydrogen) atoms. The van der Waals surface area contributed by atoms with Gasteiger partial charge in [0.1, 0.15) is 0 Å². The van der Waals surface area contributed by atoms with Gasteiger partial charge in [-0.05, 0) is 43.0 Å². The second-order valence-electron chi connectivity index (χ2n) is 7.89. The number of aliphatic carboxylic acids is 1. The summed E-state index contributed by atoms with van der Waals surface area (Å²) in [6.07, 6.45) is 1.79. The standard InChI is InChI=1S/C24H28N2O3/c1-4-5-14-26(22(27)15-24(2,3)23(28)29)17-18-10-12-19(13-11-18)21-9-7-6-8-20(21)16-25/h6-13H,4-5,14-15,17H2,1-3H3,(H,28,29). The van der Waals surface area contributed by atoms with Crippen molar-refractivity contribution in [1.82, 2.24) is 4.90 Å². The third-order valence-electron chi connectivity index (χ3n) is 4.99. The summed E-state index contributed by atoms with van der Waals surface area (Å²) in [7, 11) is 0. The average Bonchev–Trinajstić information content (AvgIpc) is 2.71. The van der Waals surface area contributed by atoms with Crippen molar-refractivity contribution in [3.05, 3.63) is 59.7 Å². The van der Waals surface area contributed by atoms with Crippen molar-refractivity contribution in [1.29, 1.82) is 5.26 Å². The van der Waals surface area contributed by atoms with Gasteiger partial charge >= 0.3 is 5.97 Å². The summed E-state index contributed by atoms with van der Waals surface area (Å²) >= 11 is 0. The zero-order valence-corrected chi connectivity index (χ0v) is 17.3. The maximum absolute atomic E-state index is 12.8. The minimum atomic E-state index is -1.09. The Morgan fingerprint density at radius 2 is 1.76 bits per heavy atom. The van der Waals surface area contributed by atoms with Crippen LogP contribution in [-0.2, 0) is 16.1 Å². The summed E-state index contributed by atoms with van der Waals surface area (Å²) in [5, 5.41) is 18.6. The Kier molecular flexibility index (Phi) is 7.55. The molecule has 152 valence electrons. The molecule has 1 amide bonds. The van der Waals surface area contributed by atoms with Gasteiger partial charge in [-0.15, -0.1) is 0 Å². The Morgan fingerprint density at radius 1 is 1.10 bits per heavy atom. The largest absolute Gasteiger partial charge is 0.481 e. The Hall–Kier alpha value is -3.13. The summed E-state index contributed by atoms with van der Waals surface area (Å²) in [4.78, 5) is 25.9. The summed E-state index contributed by atoms with van der Waals surface area (Å²) in [6, 6.07) is 17.5. The lowest BCUT2D eigenvalue weighted by atomic mass is 9.89. The Bertz CT molecular complexity index is 895. The van der Waals surface area contributed by atoms with E-state index in [4.69, 9.17) is 0 Å². The van der Waals surface area contributed by atoms with E-state index in [9.17, 15) is 20.0 Å². The van der Waals surface area contributed by atoms with Crippen molar-refractivity contribution in [2.75, 3.05) is 6.54 Å². The predicted octanol–water partition coefficient (Wildman–Crippen LogP) is 4.85. The van der Waals surface area contributed by atoms with Crippen LogP contribution in [0.1, 0.15) is 51.2 Å². The van der Waals surface area contributed by atoms with E-state index >= 15 is 0 Å². The van der Waals surface area contributed by atoms with Crippen LogP contribution >= 0.6 is 0 Å². The molecule has 0 spiro atoms. The lowest BCUT2D eigenvalue weighted by molar-refractivity contribution is -0.151. The number of hydrogen-bond acceptors (Lipinski definition) is 3. The molecule has 0 saturated heterocycles. The first-order valence-corrected chi connectivity index (χ1v) is 9.88. The van der Waals surface area contributed by atoms with Gasteiger partial charge in [-0.2, -0.15) is 5.26 Å². The number of rotatable bonds is 9. The van der Waals surface area contributed by atoms with E-state index in [1.165, 1.54) is 0 Å². The second kappa shape index (κ2) is 9.88. The van der Waals surface area contributed by atoms with Crippen LogP contribution in [0.15, 0.2) is 48.5 Å². The molecule has 0 atom stereocenters. The normalized spacial score (nSPS) is 11.0. The maximum atomic E-state index is 12.8. The number of carbonyl (C=O) groups excluding carboxylic acids is 1. The SMILES string of the molecule is CCCCN(Cc1ccc(-c2ccccc2C#N)cc1)C(=O)CC(C)(C)C(=O)O. The van der Waals surface area contributed by atoms with Gasteiger partial charge in [-0.3, -0.25) is 9.59 Å². The molecule has 0 fully saturated rings. The highest BCUT2D eigenvalue weighted by atomic mass is 16.4. The van der Waals surface area contributed by atoms with Gasteiger partial charge < -0.3 is 10.0 Å². The molecule has 0 saturated carbocycles. The van der Waals surface area contributed by atoms with Crippen molar-refractivity contribution in [2.24, 2.45) is 5.41 Å². The van der Waals surface area contributed by atoms with Gasteiger partial charge in [0.2, 0.25) is 5.91 Å². The number of unbranched alkanes of at least 4 members (excludes halogenated alkanes) is 1. The summed E-state index contributed by atoms with van der Waals surface area (Å²) in [5.74, 6) is -1.12. The van der Waals surface area contributed by atoms with Crippen molar-refractivity contribution in [3.63, 3.8) is 0 Å². The fourth-order valence-corrected chi connectivity index (χ4v) is 3.05. The molecule has 0 aromatic heterocycles. The number of carboxylic acid groups (broad SMARTS) is 1. The first kappa shape index (κ1) is 22.2. The molecule has 5 nitrogen and oxygen atoms in total. The zero-order valence-electron chi connectivity index (χ0n) is 17.3. The minimum Gasteiger partial charge on any atom is -0.481 e. The Morgan fingerprint density at radius 3 is 2.34 bits per heavy atom. The van der Waals surface area contributed by atoms with E-state index in [1.807, 2.05) is 42.5 Å². The molecule has 5 heteroatoms. The van der Waals surface area contributed by atoms with Gasteiger partial charge in [0, 0.05) is 19.5 Å². The van der Waals surface area contributed by atoms with Crippen molar-refractivity contribution in [2.45, 2.75) is 46.6 Å². The lowest BCUT2D eigenvalue weighted by Gasteiger charge is -2.27. The van der Waals surface area contributed by atoms with Crippen LogP contribution in [0, 0.1) is 16.7 Å². The molecule has 2 aromatic carbocycles. The number of nitrogens with zero attached hydrogens (tertiary/aromatic N) is 2. The molecule has 0 bridgehead atoms. The molecule has 0 unspecified atom stereocenters. The summed E-state index contributed by atoms with van der Waals surface area (Å²) in [5.41, 5.74) is 2.33. The van der Waals surface area contributed by atoms with Crippen LogP contribution in [0.25, 0.3) is 11.1 Å². The molecule has 2 aromatic rings. The van der Waals surface area contributed by atoms with E-state index in [2.05, 4.69) is 13.0 Å². The van der Waals surface area contributed by atoms with Crippen molar-refractivity contribution in [3.8, 4) is 17.2 Å². The number of carbonyl (C=O) groups is 2. The van der Waals surface area contributed by atoms with Gasteiger partial charge in [-0.1, -0.05) is 55.8 Å². The van der Waals surface area contributed by atoms with Crippen LogP contribution < -0.4 is 0 Å². The third kappa shape index (κ3) is 5.92. The number of benzene rings is 2. The first-order valence-electron chi connectivity index (χ1n) is 9.88. The number of amides is 1. The molecule has 2 rings (SSSR count). The fraction of sp³-hybridized carbons (Fsp3) is 0.375. The van der Waals surface area contributed by atoms with Crippen LogP contribution in [-0.4, -0.2) is 28.4 Å². The van der Waals surface area contributed by atoms with Crippen LogP contribution in [0.3, 0.4) is 0 Å². The average molecular weight is 392 g/mol. The lowest BCUT2D eigenvalue weighted by Crippen LogP contribution is -2.37. The van der Waals surface area contributed by atoms with Crippen LogP contribution in [0.2, 0.25) is 0 Å². The quantitative estimate of drug-likeness (QED) is 0.661. The first-order chi connectivity index (χ1) is 13.8. The van der Waals surface area contributed by atoms with E-state index in [0.717, 1.165) is 29.5 Å². The minimum absolute atomic E-state index is 0.0281. The van der Waals surface area contributed by atoms with Crippen LogP contribution in [0.4, 0.5) is 0 Å². The van der Waals surface area contributed by atoms with E-state index in [-0.39, 0.29) is 12.3 Å². The molecule has 0 aliphatic heterocycles. The Balaban J connectivity index is 2.18. The molecular weight excluding hydrogens is 364 g/mol. The molecule has 0 heterocycles. The van der Waals surface area contributed by atoms with E-state index in [0.29, 0.717) is 18.7 Å². The molecule has 0 aliphatic carbocycles. The van der Waals surface area contributed by atoms with Gasteiger partial charge in [0.05, 0.1) is 17.0 Å². The third-order valence-corrected chi connectivity index (χ3v) is 4.99. The van der Waals surface area contributed by atoms with E-state index < -0.39 is 11.4 Å². The monoisotopic (exact) mass is 392 g/mol. The van der Waals surface area contributed by atoms with Crippen molar-refractivity contribution < 1.29 is 14.7 Å². The molecule has 1 N–H and O–H groups in total. The smallest absolute Gasteiger partial charge is 0.309 e. The van der Waals surface area contributed by atoms with Crippen molar-refractivity contribution >= 4 is 11.9 Å². The molecule has 0 radical (unpaired) electrons. The topological polar surface area (TPSA) is 81.4 Å².